The van der Waals surface area contributed by atoms with Gasteiger partial charge in [-0.25, -0.2) is 8.42 Å². The summed E-state index contributed by atoms with van der Waals surface area (Å²) in [4.78, 5) is 15.9. The molecule has 5 nitrogen and oxygen atoms in total. The predicted molar refractivity (Wildman–Crippen MR) is 98.9 cm³/mol. The molecule has 0 spiro atoms. The first-order valence-corrected chi connectivity index (χ1v) is 11.0. The zero-order chi connectivity index (χ0) is 17.9. The summed E-state index contributed by atoms with van der Waals surface area (Å²) in [5.41, 5.74) is 0.477. The van der Waals surface area contributed by atoms with Gasteiger partial charge in [0.05, 0.1) is 30.2 Å². The van der Waals surface area contributed by atoms with E-state index in [-0.39, 0.29) is 23.5 Å². The predicted octanol–water partition coefficient (Wildman–Crippen LogP) is 2.98. The topological polar surface area (TPSA) is 63.7 Å². The lowest BCUT2D eigenvalue weighted by atomic mass is 10.1. The molecule has 2 aromatic rings. The van der Waals surface area contributed by atoms with Gasteiger partial charge in [0.1, 0.15) is 5.75 Å². The van der Waals surface area contributed by atoms with Gasteiger partial charge in [0.2, 0.25) is 0 Å². The van der Waals surface area contributed by atoms with E-state index in [1.165, 1.54) is 0 Å². The Morgan fingerprint density at radius 2 is 2.08 bits per heavy atom. The Morgan fingerprint density at radius 1 is 1.28 bits per heavy atom. The summed E-state index contributed by atoms with van der Waals surface area (Å²) in [7, 11) is -3.08. The highest BCUT2D eigenvalue weighted by Crippen LogP contribution is 2.27. The van der Waals surface area contributed by atoms with Crippen molar-refractivity contribution < 1.29 is 17.9 Å². The molecule has 0 unspecified atom stereocenters. The van der Waals surface area contributed by atoms with Crippen LogP contribution in [0.15, 0.2) is 41.8 Å². The Labute approximate surface area is 152 Å². The van der Waals surface area contributed by atoms with Crippen molar-refractivity contribution in [3.63, 3.8) is 0 Å². The monoisotopic (exact) mass is 379 g/mol. The average molecular weight is 380 g/mol. The quantitative estimate of drug-likeness (QED) is 0.774. The maximum Gasteiger partial charge on any atom is 0.258 e. The summed E-state index contributed by atoms with van der Waals surface area (Å²) in [5.74, 6) is 0.520. The van der Waals surface area contributed by atoms with Crippen LogP contribution >= 0.6 is 11.3 Å². The van der Waals surface area contributed by atoms with E-state index >= 15 is 0 Å². The molecule has 134 valence electrons. The SMILES string of the molecule is CCOc1ccccc1C(=O)N(Cc1cccs1)[C@H]1CCS(=O)(=O)C1. The first-order chi connectivity index (χ1) is 12.0. The van der Waals surface area contributed by atoms with Gasteiger partial charge in [0.15, 0.2) is 9.84 Å². The summed E-state index contributed by atoms with van der Waals surface area (Å²) in [5, 5.41) is 1.96. The number of nitrogens with zero attached hydrogens (tertiary/aromatic N) is 1. The Bertz CT molecular complexity index is 831. The summed E-state index contributed by atoms with van der Waals surface area (Å²) < 4.78 is 29.4. The van der Waals surface area contributed by atoms with Crippen molar-refractivity contribution in [3.05, 3.63) is 52.2 Å². The van der Waals surface area contributed by atoms with Crippen LogP contribution in [0.3, 0.4) is 0 Å². The summed E-state index contributed by atoms with van der Waals surface area (Å²) in [6, 6.07) is 10.7. The van der Waals surface area contributed by atoms with E-state index in [1.54, 1.807) is 34.4 Å². The second-order valence-electron chi connectivity index (χ2n) is 6.00. The zero-order valence-electron chi connectivity index (χ0n) is 14.1. The fourth-order valence-corrected chi connectivity index (χ4v) is 5.47. The van der Waals surface area contributed by atoms with Crippen molar-refractivity contribution in [2.75, 3.05) is 18.1 Å². The third kappa shape index (κ3) is 4.22. The number of rotatable bonds is 6. The van der Waals surface area contributed by atoms with Crippen molar-refractivity contribution in [1.82, 2.24) is 4.90 Å². The van der Waals surface area contributed by atoms with Gasteiger partial charge in [-0.05, 0) is 36.9 Å². The molecule has 0 radical (unpaired) electrons. The Morgan fingerprint density at radius 3 is 2.72 bits per heavy atom. The van der Waals surface area contributed by atoms with Crippen molar-refractivity contribution in [2.45, 2.75) is 25.9 Å². The van der Waals surface area contributed by atoms with Crippen LogP contribution in [-0.2, 0) is 16.4 Å². The number of thiophene rings is 1. The first kappa shape index (κ1) is 17.9. The largest absolute Gasteiger partial charge is 0.493 e. The minimum Gasteiger partial charge on any atom is -0.493 e. The van der Waals surface area contributed by atoms with Crippen LogP contribution in [0.2, 0.25) is 0 Å². The van der Waals surface area contributed by atoms with E-state index in [0.29, 0.717) is 30.9 Å². The fraction of sp³-hybridized carbons (Fsp3) is 0.389. The molecule has 2 heterocycles. The number of hydrogen-bond donors (Lipinski definition) is 0. The van der Waals surface area contributed by atoms with Crippen LogP contribution < -0.4 is 4.74 Å². The third-order valence-electron chi connectivity index (χ3n) is 4.23. The van der Waals surface area contributed by atoms with E-state index in [4.69, 9.17) is 4.74 Å². The van der Waals surface area contributed by atoms with Crippen LogP contribution in [0, 0.1) is 0 Å². The molecule has 1 fully saturated rings. The molecule has 0 N–H and O–H groups in total. The van der Waals surface area contributed by atoms with Gasteiger partial charge in [0, 0.05) is 10.9 Å². The zero-order valence-corrected chi connectivity index (χ0v) is 15.7. The Hall–Kier alpha value is -1.86. The van der Waals surface area contributed by atoms with Gasteiger partial charge in [-0.15, -0.1) is 11.3 Å². The van der Waals surface area contributed by atoms with Gasteiger partial charge in [-0.1, -0.05) is 18.2 Å². The molecule has 0 bridgehead atoms. The number of para-hydroxylation sites is 1. The minimum absolute atomic E-state index is 0.0287. The van der Waals surface area contributed by atoms with E-state index in [2.05, 4.69) is 0 Å². The first-order valence-electron chi connectivity index (χ1n) is 8.26. The van der Waals surface area contributed by atoms with Gasteiger partial charge >= 0.3 is 0 Å². The summed E-state index contributed by atoms with van der Waals surface area (Å²) in [6.07, 6.45) is 0.482. The molecular formula is C18H21NO4S2. The third-order valence-corrected chi connectivity index (χ3v) is 6.85. The fourth-order valence-electron chi connectivity index (χ4n) is 3.04. The molecule has 3 rings (SSSR count). The molecule has 1 aliphatic heterocycles. The van der Waals surface area contributed by atoms with E-state index in [1.807, 2.05) is 30.5 Å². The average Bonchev–Trinajstić information content (AvgIpc) is 3.22. The highest BCUT2D eigenvalue weighted by Gasteiger charge is 2.35. The van der Waals surface area contributed by atoms with Gasteiger partial charge in [-0.2, -0.15) is 0 Å². The molecule has 1 saturated heterocycles. The van der Waals surface area contributed by atoms with Crippen LogP contribution in [0.4, 0.5) is 0 Å². The normalized spacial score (nSPS) is 18.8. The molecule has 25 heavy (non-hydrogen) atoms. The molecule has 0 aliphatic carbocycles. The smallest absolute Gasteiger partial charge is 0.258 e. The second-order valence-corrected chi connectivity index (χ2v) is 9.26. The minimum atomic E-state index is -3.08. The van der Waals surface area contributed by atoms with E-state index < -0.39 is 9.84 Å². The lowest BCUT2D eigenvalue weighted by Crippen LogP contribution is -2.40. The summed E-state index contributed by atoms with van der Waals surface area (Å²) in [6.45, 7) is 2.75. The van der Waals surface area contributed by atoms with Crippen LogP contribution in [-0.4, -0.2) is 43.4 Å². The molecule has 0 saturated carbocycles. The van der Waals surface area contributed by atoms with Crippen molar-refractivity contribution in [3.8, 4) is 5.75 Å². The molecule has 7 heteroatoms. The number of ether oxygens (including phenoxy) is 1. The molecule has 1 aliphatic rings. The number of carbonyl (C=O) groups excluding carboxylic acids is 1. The Kier molecular flexibility index (Phi) is 5.44. The lowest BCUT2D eigenvalue weighted by molar-refractivity contribution is 0.0679. The number of sulfone groups is 1. The van der Waals surface area contributed by atoms with Crippen LogP contribution in [0.1, 0.15) is 28.6 Å². The van der Waals surface area contributed by atoms with Crippen molar-refractivity contribution in [2.24, 2.45) is 0 Å². The van der Waals surface area contributed by atoms with Gasteiger partial charge in [-0.3, -0.25) is 4.79 Å². The highest BCUT2D eigenvalue weighted by molar-refractivity contribution is 7.91. The lowest BCUT2D eigenvalue weighted by Gasteiger charge is -2.28. The highest BCUT2D eigenvalue weighted by atomic mass is 32.2. The Balaban J connectivity index is 1.92. The number of carbonyl (C=O) groups is 1. The standard InChI is InChI=1S/C18H21NO4S2/c1-2-23-17-8-4-3-7-16(17)18(20)19(12-15-6-5-10-24-15)14-9-11-25(21,22)13-14/h3-8,10,14H,2,9,11-13H2,1H3/t14-/m0/s1. The maximum atomic E-state index is 13.2. The van der Waals surface area contributed by atoms with E-state index in [0.717, 1.165) is 4.88 Å². The number of amides is 1. The summed E-state index contributed by atoms with van der Waals surface area (Å²) >= 11 is 1.56. The number of benzene rings is 1. The van der Waals surface area contributed by atoms with Gasteiger partial charge < -0.3 is 9.64 Å². The molecular weight excluding hydrogens is 358 g/mol. The van der Waals surface area contributed by atoms with Gasteiger partial charge in [0.25, 0.3) is 5.91 Å². The molecule has 1 aromatic heterocycles. The van der Waals surface area contributed by atoms with Crippen molar-refractivity contribution in [1.29, 1.82) is 0 Å². The van der Waals surface area contributed by atoms with Crippen molar-refractivity contribution >= 4 is 27.1 Å². The molecule has 1 amide bonds. The van der Waals surface area contributed by atoms with Crippen LogP contribution in [0.25, 0.3) is 0 Å². The molecule has 1 atom stereocenters. The number of hydrogen-bond acceptors (Lipinski definition) is 5. The maximum absolute atomic E-state index is 13.2. The second kappa shape index (κ2) is 7.58. The van der Waals surface area contributed by atoms with E-state index in [9.17, 15) is 13.2 Å². The molecule has 1 aromatic carbocycles. The van der Waals surface area contributed by atoms with Crippen LogP contribution in [0.5, 0.6) is 5.75 Å².